The summed E-state index contributed by atoms with van der Waals surface area (Å²) in [6, 6.07) is 5.55. The van der Waals surface area contributed by atoms with Gasteiger partial charge in [0.1, 0.15) is 0 Å². The molecule has 2 heteroatoms. The van der Waals surface area contributed by atoms with E-state index in [1.807, 2.05) is 19.1 Å². The van der Waals surface area contributed by atoms with Gasteiger partial charge in [-0.1, -0.05) is 29.3 Å². The zero-order valence-electron chi connectivity index (χ0n) is 6.40. The van der Waals surface area contributed by atoms with Crippen LogP contribution in [-0.4, -0.2) is 0 Å². The molecule has 0 spiro atoms. The molecule has 0 saturated heterocycles. The first-order valence-electron chi connectivity index (χ1n) is 3.12. The van der Waals surface area contributed by atoms with Crippen molar-refractivity contribution in [3.05, 3.63) is 47.0 Å². The first-order valence-corrected chi connectivity index (χ1v) is 3.87. The van der Waals surface area contributed by atoms with Crippen LogP contribution in [0.25, 0.3) is 0 Å². The molecule has 1 rings (SSSR count). The molecule has 1 aromatic carbocycles. The van der Waals surface area contributed by atoms with Crippen molar-refractivity contribution >= 4 is 23.2 Å². The maximum absolute atomic E-state index is 5.68. The van der Waals surface area contributed by atoms with Gasteiger partial charge in [-0.05, 0) is 24.6 Å². The molecular formula is C9H10Cl2. The largest absolute Gasteiger partial charge is 0.106 e. The molecule has 0 aliphatic heterocycles. The SMILES string of the molecule is C=C.Cc1ccc(Cl)c(Cl)c1. The fraction of sp³-hybridized carbons (Fsp3) is 0.111. The Kier molecular flexibility index (Phi) is 5.01. The molecule has 0 amide bonds. The normalized spacial score (nSPS) is 8.27. The molecule has 0 fully saturated rings. The highest BCUT2D eigenvalue weighted by Gasteiger charge is 1.93. The molecule has 0 saturated carbocycles. The van der Waals surface area contributed by atoms with Gasteiger partial charge in [-0.2, -0.15) is 0 Å². The summed E-state index contributed by atoms with van der Waals surface area (Å²) in [7, 11) is 0. The van der Waals surface area contributed by atoms with E-state index >= 15 is 0 Å². The Morgan fingerprint density at radius 3 is 2.00 bits per heavy atom. The van der Waals surface area contributed by atoms with Crippen LogP contribution in [0.1, 0.15) is 5.56 Å². The van der Waals surface area contributed by atoms with Gasteiger partial charge in [-0.25, -0.2) is 0 Å². The van der Waals surface area contributed by atoms with E-state index in [1.54, 1.807) is 6.07 Å². The third-order valence-electron chi connectivity index (χ3n) is 1.08. The number of hydrogen-bond donors (Lipinski definition) is 0. The topological polar surface area (TPSA) is 0 Å². The molecule has 0 aliphatic rings. The second-order valence-electron chi connectivity index (χ2n) is 1.92. The molecule has 0 atom stereocenters. The zero-order valence-corrected chi connectivity index (χ0v) is 7.91. The van der Waals surface area contributed by atoms with Gasteiger partial charge in [0.05, 0.1) is 10.0 Å². The number of aryl methyl sites for hydroxylation is 1. The van der Waals surface area contributed by atoms with Gasteiger partial charge in [0, 0.05) is 0 Å². The quantitative estimate of drug-likeness (QED) is 0.539. The fourth-order valence-electron chi connectivity index (χ4n) is 0.601. The summed E-state index contributed by atoms with van der Waals surface area (Å²) in [6.07, 6.45) is 0. The van der Waals surface area contributed by atoms with Gasteiger partial charge in [-0.15, -0.1) is 13.2 Å². The van der Waals surface area contributed by atoms with Crippen LogP contribution in [-0.2, 0) is 0 Å². The van der Waals surface area contributed by atoms with Crippen LogP contribution in [0, 0.1) is 6.92 Å². The van der Waals surface area contributed by atoms with Crippen LogP contribution in [0.3, 0.4) is 0 Å². The van der Waals surface area contributed by atoms with Crippen molar-refractivity contribution in [2.75, 3.05) is 0 Å². The lowest BCUT2D eigenvalue weighted by Gasteiger charge is -1.94. The first-order chi connectivity index (χ1) is 5.20. The average Bonchev–Trinajstić information content (AvgIpc) is 2.02. The van der Waals surface area contributed by atoms with Crippen molar-refractivity contribution in [1.82, 2.24) is 0 Å². The summed E-state index contributed by atoms with van der Waals surface area (Å²) in [4.78, 5) is 0. The summed E-state index contributed by atoms with van der Waals surface area (Å²) in [5.74, 6) is 0. The van der Waals surface area contributed by atoms with Crippen LogP contribution in [0.15, 0.2) is 31.4 Å². The Balaban J connectivity index is 0.000000461. The highest BCUT2D eigenvalue weighted by molar-refractivity contribution is 6.41. The van der Waals surface area contributed by atoms with E-state index < -0.39 is 0 Å². The Hall–Kier alpha value is -0.460. The summed E-state index contributed by atoms with van der Waals surface area (Å²) < 4.78 is 0. The van der Waals surface area contributed by atoms with Crippen molar-refractivity contribution < 1.29 is 0 Å². The molecule has 0 aliphatic carbocycles. The van der Waals surface area contributed by atoms with Gasteiger partial charge in [0.2, 0.25) is 0 Å². The molecule has 0 nitrogen and oxygen atoms in total. The van der Waals surface area contributed by atoms with Gasteiger partial charge in [0.25, 0.3) is 0 Å². The van der Waals surface area contributed by atoms with Gasteiger partial charge < -0.3 is 0 Å². The van der Waals surface area contributed by atoms with Crippen LogP contribution in [0.4, 0.5) is 0 Å². The number of benzene rings is 1. The predicted octanol–water partition coefficient (Wildman–Crippen LogP) is 4.10. The Labute approximate surface area is 77.4 Å². The Morgan fingerprint density at radius 1 is 1.09 bits per heavy atom. The van der Waals surface area contributed by atoms with Crippen molar-refractivity contribution in [1.29, 1.82) is 0 Å². The van der Waals surface area contributed by atoms with E-state index in [1.165, 1.54) is 0 Å². The van der Waals surface area contributed by atoms with Crippen LogP contribution in [0.2, 0.25) is 10.0 Å². The Bertz CT molecular complexity index is 231. The van der Waals surface area contributed by atoms with E-state index in [2.05, 4.69) is 13.2 Å². The predicted molar refractivity (Wildman–Crippen MR) is 52.5 cm³/mol. The standard InChI is InChI=1S/C7H6Cl2.C2H4/c1-5-2-3-6(8)7(9)4-5;1-2/h2-4H,1H3;1-2H2. The number of rotatable bonds is 0. The van der Waals surface area contributed by atoms with E-state index in [0.717, 1.165) is 5.56 Å². The monoisotopic (exact) mass is 188 g/mol. The summed E-state index contributed by atoms with van der Waals surface area (Å²) in [6.45, 7) is 7.97. The fourth-order valence-corrected chi connectivity index (χ4v) is 0.954. The lowest BCUT2D eigenvalue weighted by atomic mass is 10.2. The van der Waals surface area contributed by atoms with Gasteiger partial charge in [0.15, 0.2) is 0 Å². The summed E-state index contributed by atoms with van der Waals surface area (Å²) in [5, 5.41) is 1.24. The molecule has 0 N–H and O–H groups in total. The first kappa shape index (κ1) is 10.5. The molecule has 0 radical (unpaired) electrons. The summed E-state index contributed by atoms with van der Waals surface area (Å²) in [5.41, 5.74) is 1.13. The minimum atomic E-state index is 0.613. The molecule has 0 heterocycles. The maximum Gasteiger partial charge on any atom is 0.0594 e. The van der Waals surface area contributed by atoms with E-state index in [-0.39, 0.29) is 0 Å². The van der Waals surface area contributed by atoms with E-state index in [9.17, 15) is 0 Å². The molecule has 11 heavy (non-hydrogen) atoms. The molecule has 1 aromatic rings. The van der Waals surface area contributed by atoms with Crippen molar-refractivity contribution in [2.45, 2.75) is 6.92 Å². The second kappa shape index (κ2) is 5.22. The van der Waals surface area contributed by atoms with Crippen molar-refractivity contribution in [3.8, 4) is 0 Å². The van der Waals surface area contributed by atoms with E-state index in [4.69, 9.17) is 23.2 Å². The van der Waals surface area contributed by atoms with Crippen LogP contribution < -0.4 is 0 Å². The highest BCUT2D eigenvalue weighted by Crippen LogP contribution is 2.21. The highest BCUT2D eigenvalue weighted by atomic mass is 35.5. The molecule has 0 aromatic heterocycles. The van der Waals surface area contributed by atoms with Crippen molar-refractivity contribution in [3.63, 3.8) is 0 Å². The van der Waals surface area contributed by atoms with Crippen LogP contribution in [0.5, 0.6) is 0 Å². The number of halogens is 2. The van der Waals surface area contributed by atoms with E-state index in [0.29, 0.717) is 10.0 Å². The average molecular weight is 189 g/mol. The summed E-state index contributed by atoms with van der Waals surface area (Å²) >= 11 is 11.3. The molecule has 60 valence electrons. The smallest absolute Gasteiger partial charge is 0.0594 e. The molecular weight excluding hydrogens is 179 g/mol. The minimum Gasteiger partial charge on any atom is -0.106 e. The lowest BCUT2D eigenvalue weighted by Crippen LogP contribution is -1.70. The lowest BCUT2D eigenvalue weighted by molar-refractivity contribution is 1.47. The third-order valence-corrected chi connectivity index (χ3v) is 1.81. The second-order valence-corrected chi connectivity index (χ2v) is 2.73. The minimum absolute atomic E-state index is 0.613. The molecule has 0 bridgehead atoms. The Morgan fingerprint density at radius 2 is 1.64 bits per heavy atom. The zero-order chi connectivity index (χ0) is 8.85. The van der Waals surface area contributed by atoms with Gasteiger partial charge >= 0.3 is 0 Å². The molecule has 0 unspecified atom stereocenters. The number of hydrogen-bond acceptors (Lipinski definition) is 0. The van der Waals surface area contributed by atoms with Crippen LogP contribution >= 0.6 is 23.2 Å². The third kappa shape index (κ3) is 3.45. The van der Waals surface area contributed by atoms with Crippen molar-refractivity contribution in [2.24, 2.45) is 0 Å². The van der Waals surface area contributed by atoms with Gasteiger partial charge in [-0.3, -0.25) is 0 Å². The maximum atomic E-state index is 5.68.